The SMILES string of the molecule is COc1ccc(CN2CCN(C(=O)c3cccc(F)c3)CC2)cc1. The summed E-state index contributed by atoms with van der Waals surface area (Å²) in [6.45, 7) is 3.79. The average Bonchev–Trinajstić information content (AvgIpc) is 2.62. The van der Waals surface area contributed by atoms with E-state index in [0.717, 1.165) is 25.4 Å². The largest absolute Gasteiger partial charge is 0.497 e. The number of ether oxygens (including phenoxy) is 1. The van der Waals surface area contributed by atoms with Crippen molar-refractivity contribution in [3.8, 4) is 5.75 Å². The molecule has 2 aromatic carbocycles. The lowest BCUT2D eigenvalue weighted by Crippen LogP contribution is -2.48. The number of hydrogen-bond acceptors (Lipinski definition) is 3. The van der Waals surface area contributed by atoms with Crippen LogP contribution in [0.15, 0.2) is 48.5 Å². The van der Waals surface area contributed by atoms with E-state index in [1.165, 1.54) is 17.7 Å². The lowest BCUT2D eigenvalue weighted by molar-refractivity contribution is 0.0628. The van der Waals surface area contributed by atoms with Gasteiger partial charge in [-0.15, -0.1) is 0 Å². The fraction of sp³-hybridized carbons (Fsp3) is 0.316. The van der Waals surface area contributed by atoms with Crippen LogP contribution in [-0.2, 0) is 6.54 Å². The molecule has 1 fully saturated rings. The molecule has 5 heteroatoms. The van der Waals surface area contributed by atoms with Crippen LogP contribution in [0.25, 0.3) is 0 Å². The molecular formula is C19H21FN2O2. The fourth-order valence-corrected chi connectivity index (χ4v) is 2.90. The van der Waals surface area contributed by atoms with Crippen LogP contribution in [-0.4, -0.2) is 49.0 Å². The van der Waals surface area contributed by atoms with Gasteiger partial charge in [0.2, 0.25) is 0 Å². The molecule has 2 aromatic rings. The van der Waals surface area contributed by atoms with E-state index in [-0.39, 0.29) is 11.7 Å². The van der Waals surface area contributed by atoms with Gasteiger partial charge in [0.15, 0.2) is 0 Å². The predicted octanol–water partition coefficient (Wildman–Crippen LogP) is 2.79. The smallest absolute Gasteiger partial charge is 0.254 e. The van der Waals surface area contributed by atoms with Crippen molar-refractivity contribution in [2.75, 3.05) is 33.3 Å². The van der Waals surface area contributed by atoms with Gasteiger partial charge in [0, 0.05) is 38.3 Å². The summed E-state index contributed by atoms with van der Waals surface area (Å²) in [5, 5.41) is 0. The number of halogens is 1. The Morgan fingerprint density at radius 1 is 1.08 bits per heavy atom. The molecule has 1 saturated heterocycles. The van der Waals surface area contributed by atoms with Crippen molar-refractivity contribution >= 4 is 5.91 Å². The molecule has 0 unspecified atom stereocenters. The van der Waals surface area contributed by atoms with Crippen LogP contribution >= 0.6 is 0 Å². The highest BCUT2D eigenvalue weighted by molar-refractivity contribution is 5.94. The van der Waals surface area contributed by atoms with Crippen LogP contribution in [0.3, 0.4) is 0 Å². The highest BCUT2D eigenvalue weighted by Crippen LogP contribution is 2.15. The molecular weight excluding hydrogens is 307 g/mol. The summed E-state index contributed by atoms with van der Waals surface area (Å²) in [5.41, 5.74) is 1.64. The number of carbonyl (C=O) groups is 1. The second kappa shape index (κ2) is 7.45. The number of carbonyl (C=O) groups excluding carboxylic acids is 1. The third-order valence-electron chi connectivity index (χ3n) is 4.30. The Morgan fingerprint density at radius 3 is 2.42 bits per heavy atom. The topological polar surface area (TPSA) is 32.8 Å². The lowest BCUT2D eigenvalue weighted by atomic mass is 10.1. The second-order valence-electron chi connectivity index (χ2n) is 5.93. The Balaban J connectivity index is 1.54. The molecule has 0 aromatic heterocycles. The maximum atomic E-state index is 13.3. The van der Waals surface area contributed by atoms with Gasteiger partial charge in [0.1, 0.15) is 11.6 Å². The van der Waals surface area contributed by atoms with E-state index < -0.39 is 0 Å². The molecule has 0 saturated carbocycles. The van der Waals surface area contributed by atoms with Crippen LogP contribution in [0.1, 0.15) is 15.9 Å². The van der Waals surface area contributed by atoms with Crippen LogP contribution in [0.4, 0.5) is 4.39 Å². The van der Waals surface area contributed by atoms with Crippen molar-refractivity contribution in [2.45, 2.75) is 6.54 Å². The standard InChI is InChI=1S/C19H21FN2O2/c1-24-18-7-5-15(6-8-18)14-21-9-11-22(12-10-21)19(23)16-3-2-4-17(20)13-16/h2-8,13H,9-12,14H2,1H3. The van der Waals surface area contributed by atoms with E-state index >= 15 is 0 Å². The highest BCUT2D eigenvalue weighted by Gasteiger charge is 2.22. The molecule has 1 aliphatic heterocycles. The maximum Gasteiger partial charge on any atom is 0.254 e. The molecule has 1 heterocycles. The Bertz CT molecular complexity index is 695. The summed E-state index contributed by atoms with van der Waals surface area (Å²) in [4.78, 5) is 16.5. The van der Waals surface area contributed by atoms with Crippen LogP contribution < -0.4 is 4.74 Å². The van der Waals surface area contributed by atoms with Gasteiger partial charge in [-0.2, -0.15) is 0 Å². The van der Waals surface area contributed by atoms with Crippen molar-refractivity contribution in [3.63, 3.8) is 0 Å². The van der Waals surface area contributed by atoms with Gasteiger partial charge in [0.25, 0.3) is 5.91 Å². The molecule has 0 atom stereocenters. The molecule has 0 spiro atoms. The number of methoxy groups -OCH3 is 1. The Kier molecular flexibility index (Phi) is 5.11. The minimum Gasteiger partial charge on any atom is -0.497 e. The van der Waals surface area contributed by atoms with Gasteiger partial charge < -0.3 is 9.64 Å². The van der Waals surface area contributed by atoms with Gasteiger partial charge in [-0.1, -0.05) is 18.2 Å². The van der Waals surface area contributed by atoms with Crippen molar-refractivity contribution in [1.82, 2.24) is 9.80 Å². The summed E-state index contributed by atoms with van der Waals surface area (Å²) in [5.74, 6) is 0.377. The zero-order valence-electron chi connectivity index (χ0n) is 13.7. The maximum absolute atomic E-state index is 13.3. The second-order valence-corrected chi connectivity index (χ2v) is 5.93. The molecule has 126 valence electrons. The van der Waals surface area contributed by atoms with Gasteiger partial charge in [0.05, 0.1) is 7.11 Å². The first-order chi connectivity index (χ1) is 11.7. The first kappa shape index (κ1) is 16.5. The van der Waals surface area contributed by atoms with Crippen molar-refractivity contribution in [2.24, 2.45) is 0 Å². The zero-order valence-corrected chi connectivity index (χ0v) is 13.7. The molecule has 4 nitrogen and oxygen atoms in total. The minimum atomic E-state index is -0.376. The average molecular weight is 328 g/mol. The van der Waals surface area contributed by atoms with Crippen molar-refractivity contribution in [3.05, 3.63) is 65.5 Å². The molecule has 0 N–H and O–H groups in total. The van der Waals surface area contributed by atoms with Crippen LogP contribution in [0, 0.1) is 5.82 Å². The monoisotopic (exact) mass is 328 g/mol. The number of nitrogens with zero attached hydrogens (tertiary/aromatic N) is 2. The summed E-state index contributed by atoms with van der Waals surface area (Å²) in [6.07, 6.45) is 0. The summed E-state index contributed by atoms with van der Waals surface area (Å²) < 4.78 is 18.4. The third kappa shape index (κ3) is 3.92. The van der Waals surface area contributed by atoms with E-state index in [1.807, 2.05) is 12.1 Å². The van der Waals surface area contributed by atoms with E-state index in [4.69, 9.17) is 4.74 Å². The fourth-order valence-electron chi connectivity index (χ4n) is 2.90. The minimum absolute atomic E-state index is 0.0985. The van der Waals surface area contributed by atoms with Crippen molar-refractivity contribution in [1.29, 1.82) is 0 Å². The number of hydrogen-bond donors (Lipinski definition) is 0. The van der Waals surface area contributed by atoms with Crippen LogP contribution in [0.2, 0.25) is 0 Å². The molecule has 24 heavy (non-hydrogen) atoms. The first-order valence-electron chi connectivity index (χ1n) is 8.06. The Labute approximate surface area is 141 Å². The van der Waals surface area contributed by atoms with Gasteiger partial charge >= 0.3 is 0 Å². The lowest BCUT2D eigenvalue weighted by Gasteiger charge is -2.34. The van der Waals surface area contributed by atoms with Gasteiger partial charge in [-0.3, -0.25) is 9.69 Å². The molecule has 1 aliphatic rings. The quantitative estimate of drug-likeness (QED) is 0.865. The van der Waals surface area contributed by atoms with Gasteiger partial charge in [-0.25, -0.2) is 4.39 Å². The third-order valence-corrected chi connectivity index (χ3v) is 4.30. The molecule has 0 bridgehead atoms. The molecule has 1 amide bonds. The number of benzene rings is 2. The van der Waals surface area contributed by atoms with E-state index in [9.17, 15) is 9.18 Å². The van der Waals surface area contributed by atoms with Gasteiger partial charge in [-0.05, 0) is 35.9 Å². The summed E-state index contributed by atoms with van der Waals surface area (Å²) >= 11 is 0. The molecule has 0 radical (unpaired) electrons. The summed E-state index contributed by atoms with van der Waals surface area (Å²) in [7, 11) is 1.66. The normalized spacial score (nSPS) is 15.3. The van der Waals surface area contributed by atoms with E-state index in [1.54, 1.807) is 24.1 Å². The molecule has 3 rings (SSSR count). The number of piperazine rings is 1. The summed E-state index contributed by atoms with van der Waals surface area (Å²) in [6, 6.07) is 13.9. The zero-order chi connectivity index (χ0) is 16.9. The van der Waals surface area contributed by atoms with E-state index in [2.05, 4.69) is 17.0 Å². The van der Waals surface area contributed by atoms with Crippen molar-refractivity contribution < 1.29 is 13.9 Å². The van der Waals surface area contributed by atoms with Crippen LogP contribution in [0.5, 0.6) is 5.75 Å². The number of amides is 1. The Hall–Kier alpha value is -2.40. The Morgan fingerprint density at radius 2 is 1.79 bits per heavy atom. The number of rotatable bonds is 4. The van der Waals surface area contributed by atoms with E-state index in [0.29, 0.717) is 18.7 Å². The first-order valence-corrected chi connectivity index (χ1v) is 8.06. The molecule has 0 aliphatic carbocycles. The predicted molar refractivity (Wildman–Crippen MR) is 90.6 cm³/mol. The highest BCUT2D eigenvalue weighted by atomic mass is 19.1.